The van der Waals surface area contributed by atoms with Crippen molar-refractivity contribution < 1.29 is 23.8 Å². The van der Waals surface area contributed by atoms with Crippen LogP contribution in [0.4, 0.5) is 4.79 Å². The van der Waals surface area contributed by atoms with Crippen LogP contribution in [0, 0.1) is 5.92 Å². The van der Waals surface area contributed by atoms with E-state index in [9.17, 15) is 9.59 Å². The van der Waals surface area contributed by atoms with E-state index >= 15 is 0 Å². The number of rotatable bonds is 6. The van der Waals surface area contributed by atoms with Crippen LogP contribution in [-0.4, -0.2) is 37.9 Å². The first-order chi connectivity index (χ1) is 12.4. The fraction of sp³-hybridized carbons (Fsp3) is 0.556. The molecule has 7 nitrogen and oxygen atoms in total. The van der Waals surface area contributed by atoms with Crippen LogP contribution in [0.25, 0.3) is 0 Å². The molecule has 1 aliphatic rings. The van der Waals surface area contributed by atoms with Gasteiger partial charge < -0.3 is 24.8 Å². The Hall–Kier alpha value is -2.15. The van der Waals surface area contributed by atoms with Gasteiger partial charge in [0.1, 0.15) is 6.04 Å². The zero-order chi connectivity index (χ0) is 19.1. The van der Waals surface area contributed by atoms with Crippen molar-refractivity contribution >= 4 is 23.6 Å². The Balaban J connectivity index is 2.02. The first kappa shape index (κ1) is 20.2. The standard InChI is InChI=1S/C18H25ClN2O5/c1-4-24-18(23)21-15(11(2)3)17(22)20-10-12-8-13(19)16-14(9-12)25-6-5-7-26-16/h8-9,11,15H,4-7,10H2,1-3H3,(H,20,22)(H,21,23). The van der Waals surface area contributed by atoms with Crippen LogP contribution in [0.5, 0.6) is 11.5 Å². The summed E-state index contributed by atoms with van der Waals surface area (Å²) in [5, 5.41) is 5.84. The molecular weight excluding hydrogens is 360 g/mol. The van der Waals surface area contributed by atoms with Gasteiger partial charge in [0, 0.05) is 13.0 Å². The summed E-state index contributed by atoms with van der Waals surface area (Å²) >= 11 is 6.26. The van der Waals surface area contributed by atoms with E-state index in [1.165, 1.54) is 0 Å². The van der Waals surface area contributed by atoms with Gasteiger partial charge in [-0.3, -0.25) is 4.79 Å². The van der Waals surface area contributed by atoms with Crippen molar-refractivity contribution in [1.29, 1.82) is 0 Å². The molecule has 2 rings (SSSR count). The molecule has 0 saturated carbocycles. The Morgan fingerprint density at radius 3 is 2.69 bits per heavy atom. The highest BCUT2D eigenvalue weighted by Crippen LogP contribution is 2.37. The van der Waals surface area contributed by atoms with E-state index in [1.54, 1.807) is 19.1 Å². The maximum atomic E-state index is 12.5. The molecule has 2 amide bonds. The molecule has 1 atom stereocenters. The van der Waals surface area contributed by atoms with Gasteiger partial charge in [-0.25, -0.2) is 4.79 Å². The molecule has 0 fully saturated rings. The van der Waals surface area contributed by atoms with Gasteiger partial charge in [0.15, 0.2) is 11.5 Å². The third-order valence-corrected chi connectivity index (χ3v) is 4.11. The number of carbonyl (C=O) groups excluding carboxylic acids is 2. The second kappa shape index (κ2) is 9.52. The smallest absolute Gasteiger partial charge is 0.407 e. The number of fused-ring (bicyclic) bond motifs is 1. The Bertz CT molecular complexity index is 651. The minimum atomic E-state index is -0.690. The summed E-state index contributed by atoms with van der Waals surface area (Å²) in [7, 11) is 0. The largest absolute Gasteiger partial charge is 0.489 e. The molecule has 0 aromatic heterocycles. The number of nitrogens with one attached hydrogen (secondary N) is 2. The number of ether oxygens (including phenoxy) is 3. The molecule has 26 heavy (non-hydrogen) atoms. The first-order valence-electron chi connectivity index (χ1n) is 8.71. The van der Waals surface area contributed by atoms with Gasteiger partial charge >= 0.3 is 6.09 Å². The van der Waals surface area contributed by atoms with Crippen LogP contribution in [0.1, 0.15) is 32.8 Å². The van der Waals surface area contributed by atoms with Gasteiger partial charge in [-0.15, -0.1) is 0 Å². The van der Waals surface area contributed by atoms with E-state index < -0.39 is 12.1 Å². The molecule has 144 valence electrons. The summed E-state index contributed by atoms with van der Waals surface area (Å²) in [6.45, 7) is 7.01. The monoisotopic (exact) mass is 384 g/mol. The molecule has 0 bridgehead atoms. The fourth-order valence-electron chi connectivity index (χ4n) is 2.52. The minimum Gasteiger partial charge on any atom is -0.489 e. The predicted octanol–water partition coefficient (Wildman–Crippen LogP) is 2.89. The van der Waals surface area contributed by atoms with E-state index in [0.717, 1.165) is 12.0 Å². The highest BCUT2D eigenvalue weighted by Gasteiger charge is 2.25. The van der Waals surface area contributed by atoms with Crippen molar-refractivity contribution in [2.75, 3.05) is 19.8 Å². The van der Waals surface area contributed by atoms with E-state index in [2.05, 4.69) is 10.6 Å². The van der Waals surface area contributed by atoms with Crippen LogP contribution in [0.15, 0.2) is 12.1 Å². The molecule has 0 saturated heterocycles. The zero-order valence-electron chi connectivity index (χ0n) is 15.3. The lowest BCUT2D eigenvalue weighted by molar-refractivity contribution is -0.124. The highest BCUT2D eigenvalue weighted by atomic mass is 35.5. The number of halogens is 1. The summed E-state index contributed by atoms with van der Waals surface area (Å²) < 4.78 is 16.1. The number of benzene rings is 1. The molecule has 0 radical (unpaired) electrons. The summed E-state index contributed by atoms with van der Waals surface area (Å²) in [5.74, 6) is 0.718. The van der Waals surface area contributed by atoms with Gasteiger partial charge in [0.25, 0.3) is 0 Å². The Morgan fingerprint density at radius 1 is 1.27 bits per heavy atom. The summed E-state index contributed by atoms with van der Waals surface area (Å²) in [6, 6.07) is 2.85. The molecule has 0 aliphatic carbocycles. The number of hydrogen-bond acceptors (Lipinski definition) is 5. The maximum Gasteiger partial charge on any atom is 0.407 e. The van der Waals surface area contributed by atoms with Crippen molar-refractivity contribution in [3.05, 3.63) is 22.7 Å². The molecule has 1 aliphatic heterocycles. The van der Waals surface area contributed by atoms with E-state index in [0.29, 0.717) is 29.7 Å². The maximum absolute atomic E-state index is 12.5. The number of carbonyl (C=O) groups is 2. The van der Waals surface area contributed by atoms with Gasteiger partial charge in [0.05, 0.1) is 24.8 Å². The SMILES string of the molecule is CCOC(=O)NC(C(=O)NCc1cc(Cl)c2c(c1)OCCCO2)C(C)C. The average molecular weight is 385 g/mol. The zero-order valence-corrected chi connectivity index (χ0v) is 16.0. The molecule has 0 spiro atoms. The highest BCUT2D eigenvalue weighted by molar-refractivity contribution is 6.32. The van der Waals surface area contributed by atoms with Gasteiger partial charge in [-0.1, -0.05) is 25.4 Å². The van der Waals surface area contributed by atoms with E-state index in [4.69, 9.17) is 25.8 Å². The van der Waals surface area contributed by atoms with E-state index in [1.807, 2.05) is 13.8 Å². The Kier molecular flexibility index (Phi) is 7.38. The topological polar surface area (TPSA) is 85.9 Å². The molecular formula is C18H25ClN2O5. The summed E-state index contributed by atoms with van der Waals surface area (Å²) in [5.41, 5.74) is 0.784. The van der Waals surface area contributed by atoms with Crippen LogP contribution < -0.4 is 20.1 Å². The van der Waals surface area contributed by atoms with Crippen molar-refractivity contribution in [3.63, 3.8) is 0 Å². The number of hydrogen-bond donors (Lipinski definition) is 2. The van der Waals surface area contributed by atoms with Gasteiger partial charge in [-0.2, -0.15) is 0 Å². The second-order valence-electron chi connectivity index (χ2n) is 6.26. The van der Waals surface area contributed by atoms with Crippen LogP contribution >= 0.6 is 11.6 Å². The third kappa shape index (κ3) is 5.42. The lowest BCUT2D eigenvalue weighted by Crippen LogP contribution is -2.49. The first-order valence-corrected chi connectivity index (χ1v) is 9.09. The van der Waals surface area contributed by atoms with Crippen LogP contribution in [0.2, 0.25) is 5.02 Å². The van der Waals surface area contributed by atoms with Crippen LogP contribution in [0.3, 0.4) is 0 Å². The second-order valence-corrected chi connectivity index (χ2v) is 6.67. The quantitative estimate of drug-likeness (QED) is 0.787. The normalized spacial score (nSPS) is 14.3. The lowest BCUT2D eigenvalue weighted by atomic mass is 10.0. The van der Waals surface area contributed by atoms with Crippen molar-refractivity contribution in [2.24, 2.45) is 5.92 Å². The molecule has 1 unspecified atom stereocenters. The Morgan fingerprint density at radius 2 is 2.00 bits per heavy atom. The molecule has 1 aromatic carbocycles. The molecule has 1 heterocycles. The fourth-order valence-corrected chi connectivity index (χ4v) is 2.81. The number of amides is 2. The van der Waals surface area contributed by atoms with Crippen LogP contribution in [-0.2, 0) is 16.1 Å². The molecule has 8 heteroatoms. The average Bonchev–Trinajstić information content (AvgIpc) is 2.83. The van der Waals surface area contributed by atoms with Gasteiger partial charge in [-0.05, 0) is 30.5 Å². The predicted molar refractivity (Wildman–Crippen MR) is 97.7 cm³/mol. The van der Waals surface area contributed by atoms with E-state index in [-0.39, 0.29) is 25.0 Å². The van der Waals surface area contributed by atoms with Crippen molar-refractivity contribution in [2.45, 2.75) is 39.8 Å². The number of alkyl carbamates (subject to hydrolysis) is 1. The van der Waals surface area contributed by atoms with Gasteiger partial charge in [0.2, 0.25) is 5.91 Å². The summed E-state index contributed by atoms with van der Waals surface area (Å²) in [6.07, 6.45) is 0.173. The lowest BCUT2D eigenvalue weighted by Gasteiger charge is -2.21. The van der Waals surface area contributed by atoms with Crippen molar-refractivity contribution in [3.8, 4) is 11.5 Å². The summed E-state index contributed by atoms with van der Waals surface area (Å²) in [4.78, 5) is 24.1. The van der Waals surface area contributed by atoms with Crippen molar-refractivity contribution in [1.82, 2.24) is 10.6 Å². The third-order valence-electron chi connectivity index (χ3n) is 3.83. The Labute approximate surface area is 158 Å². The minimum absolute atomic E-state index is 0.0910. The molecule has 1 aromatic rings. The molecule has 2 N–H and O–H groups in total.